The van der Waals surface area contributed by atoms with Crippen LogP contribution in [-0.2, 0) is 16.3 Å². The Kier molecular flexibility index (Phi) is 4.52. The average Bonchev–Trinajstić information content (AvgIpc) is 3.04. The Morgan fingerprint density at radius 1 is 1.50 bits per heavy atom. The lowest BCUT2D eigenvalue weighted by molar-refractivity contribution is -0.119. The van der Waals surface area contributed by atoms with Gasteiger partial charge in [0.2, 0.25) is 5.91 Å². The molecule has 1 amide bonds. The van der Waals surface area contributed by atoms with Crippen molar-refractivity contribution >= 4 is 11.6 Å². The molecule has 0 radical (unpaired) electrons. The molecular formula is C13H19N5O2. The van der Waals surface area contributed by atoms with Gasteiger partial charge in [0.05, 0.1) is 18.1 Å². The summed E-state index contributed by atoms with van der Waals surface area (Å²) in [5.41, 5.74) is 1.59. The molecule has 20 heavy (non-hydrogen) atoms. The number of ether oxygens (including phenoxy) is 1. The van der Waals surface area contributed by atoms with Gasteiger partial charge in [-0.25, -0.2) is 4.68 Å². The molecule has 0 aliphatic carbocycles. The van der Waals surface area contributed by atoms with E-state index >= 15 is 0 Å². The number of aryl methyl sites for hydroxylation is 1. The molecule has 1 atom stereocenters. The molecule has 2 rings (SSSR count). The van der Waals surface area contributed by atoms with Crippen LogP contribution in [0.25, 0.3) is 0 Å². The van der Waals surface area contributed by atoms with E-state index in [0.717, 1.165) is 5.69 Å². The van der Waals surface area contributed by atoms with Gasteiger partial charge >= 0.3 is 0 Å². The fraction of sp³-hybridized carbons (Fsp3) is 0.462. The van der Waals surface area contributed by atoms with Crippen molar-refractivity contribution in [3.8, 4) is 0 Å². The molecule has 0 bridgehead atoms. The third kappa shape index (κ3) is 3.24. The Balaban J connectivity index is 1.97. The lowest BCUT2D eigenvalue weighted by atomic mass is 10.3. The zero-order chi connectivity index (χ0) is 14.5. The number of anilines is 1. The number of amides is 1. The van der Waals surface area contributed by atoms with E-state index in [1.165, 1.54) is 0 Å². The first-order chi connectivity index (χ1) is 9.61. The molecule has 2 heterocycles. The van der Waals surface area contributed by atoms with E-state index < -0.39 is 0 Å². The highest BCUT2D eigenvalue weighted by Crippen LogP contribution is 2.12. The average molecular weight is 277 g/mol. The second kappa shape index (κ2) is 6.33. The highest BCUT2D eigenvalue weighted by Gasteiger charge is 2.17. The number of hydrogen-bond donors (Lipinski definition) is 1. The standard InChI is InChI=1S/C13H19N5O2/c1-4-20-9-17-8-12(7-15-17)16-13(19)11(3)18-10(2)5-6-14-18/h5-8,11H,4,9H2,1-3H3,(H,16,19). The lowest BCUT2D eigenvalue weighted by Gasteiger charge is -2.13. The van der Waals surface area contributed by atoms with Gasteiger partial charge in [0.25, 0.3) is 0 Å². The zero-order valence-corrected chi connectivity index (χ0v) is 11.9. The maximum atomic E-state index is 12.1. The number of hydrogen-bond acceptors (Lipinski definition) is 4. The Morgan fingerprint density at radius 3 is 2.95 bits per heavy atom. The second-order valence-corrected chi connectivity index (χ2v) is 4.47. The van der Waals surface area contributed by atoms with Crippen LogP contribution in [-0.4, -0.2) is 32.1 Å². The molecule has 0 aromatic carbocycles. The Morgan fingerprint density at radius 2 is 2.30 bits per heavy atom. The summed E-state index contributed by atoms with van der Waals surface area (Å²) >= 11 is 0. The summed E-state index contributed by atoms with van der Waals surface area (Å²) in [5.74, 6) is -0.132. The molecule has 0 aliphatic heterocycles. The summed E-state index contributed by atoms with van der Waals surface area (Å²) in [6, 6.07) is 1.49. The predicted molar refractivity (Wildman–Crippen MR) is 74.2 cm³/mol. The van der Waals surface area contributed by atoms with Crippen molar-refractivity contribution in [3.63, 3.8) is 0 Å². The van der Waals surface area contributed by atoms with Crippen molar-refractivity contribution in [1.82, 2.24) is 19.6 Å². The number of rotatable bonds is 6. The van der Waals surface area contributed by atoms with E-state index in [0.29, 0.717) is 19.0 Å². The lowest BCUT2D eigenvalue weighted by Crippen LogP contribution is -2.25. The van der Waals surface area contributed by atoms with Gasteiger partial charge in [-0.3, -0.25) is 9.48 Å². The van der Waals surface area contributed by atoms with Crippen LogP contribution in [0.1, 0.15) is 25.6 Å². The fourth-order valence-electron chi connectivity index (χ4n) is 1.83. The first-order valence-electron chi connectivity index (χ1n) is 6.53. The van der Waals surface area contributed by atoms with Crippen molar-refractivity contribution in [2.45, 2.75) is 33.5 Å². The van der Waals surface area contributed by atoms with Gasteiger partial charge in [-0.2, -0.15) is 10.2 Å². The third-order valence-corrected chi connectivity index (χ3v) is 2.94. The summed E-state index contributed by atoms with van der Waals surface area (Å²) < 4.78 is 8.54. The van der Waals surface area contributed by atoms with Gasteiger partial charge in [0.15, 0.2) is 0 Å². The van der Waals surface area contributed by atoms with Crippen LogP contribution in [0.3, 0.4) is 0 Å². The van der Waals surface area contributed by atoms with E-state index in [1.54, 1.807) is 34.9 Å². The molecule has 1 unspecified atom stereocenters. The van der Waals surface area contributed by atoms with E-state index in [1.807, 2.05) is 19.9 Å². The number of carbonyl (C=O) groups excluding carboxylic acids is 1. The maximum absolute atomic E-state index is 12.1. The summed E-state index contributed by atoms with van der Waals surface area (Å²) in [6.45, 7) is 6.63. The third-order valence-electron chi connectivity index (χ3n) is 2.94. The van der Waals surface area contributed by atoms with Crippen molar-refractivity contribution in [3.05, 3.63) is 30.4 Å². The Labute approximate surface area is 117 Å². The Hall–Kier alpha value is -2.15. The number of carbonyl (C=O) groups is 1. The van der Waals surface area contributed by atoms with Crippen LogP contribution >= 0.6 is 0 Å². The zero-order valence-electron chi connectivity index (χ0n) is 11.9. The second-order valence-electron chi connectivity index (χ2n) is 4.47. The summed E-state index contributed by atoms with van der Waals surface area (Å²) in [5, 5.41) is 11.1. The predicted octanol–water partition coefficient (Wildman–Crippen LogP) is 1.58. The van der Waals surface area contributed by atoms with Gasteiger partial charge in [-0.15, -0.1) is 0 Å². The van der Waals surface area contributed by atoms with Gasteiger partial charge in [0, 0.05) is 18.5 Å². The molecule has 2 aromatic heterocycles. The van der Waals surface area contributed by atoms with Crippen LogP contribution in [0.15, 0.2) is 24.7 Å². The summed E-state index contributed by atoms with van der Waals surface area (Å²) in [4.78, 5) is 12.1. The van der Waals surface area contributed by atoms with Crippen LogP contribution in [0.2, 0.25) is 0 Å². The van der Waals surface area contributed by atoms with Crippen LogP contribution in [0, 0.1) is 6.92 Å². The molecule has 0 saturated heterocycles. The largest absolute Gasteiger partial charge is 0.360 e. The molecule has 2 aromatic rings. The van der Waals surface area contributed by atoms with E-state index in [4.69, 9.17) is 4.74 Å². The first kappa shape index (κ1) is 14.3. The van der Waals surface area contributed by atoms with Crippen molar-refractivity contribution < 1.29 is 9.53 Å². The smallest absolute Gasteiger partial charge is 0.249 e. The van der Waals surface area contributed by atoms with Crippen LogP contribution in [0.4, 0.5) is 5.69 Å². The molecule has 0 saturated carbocycles. The van der Waals surface area contributed by atoms with Gasteiger partial charge in [-0.05, 0) is 26.8 Å². The highest BCUT2D eigenvalue weighted by molar-refractivity contribution is 5.93. The molecule has 1 N–H and O–H groups in total. The minimum atomic E-state index is -0.375. The van der Waals surface area contributed by atoms with E-state index in [2.05, 4.69) is 15.5 Å². The first-order valence-corrected chi connectivity index (χ1v) is 6.53. The molecule has 7 nitrogen and oxygen atoms in total. The fourth-order valence-corrected chi connectivity index (χ4v) is 1.83. The number of nitrogens with zero attached hydrogens (tertiary/aromatic N) is 4. The number of aromatic nitrogens is 4. The SMILES string of the molecule is CCOCn1cc(NC(=O)C(C)n2nccc2C)cn1. The summed E-state index contributed by atoms with van der Waals surface area (Å²) in [6.07, 6.45) is 5.01. The van der Waals surface area contributed by atoms with Gasteiger partial charge < -0.3 is 10.1 Å². The topological polar surface area (TPSA) is 74.0 Å². The van der Waals surface area contributed by atoms with E-state index in [-0.39, 0.29) is 11.9 Å². The molecule has 0 fully saturated rings. The molecular weight excluding hydrogens is 258 g/mol. The van der Waals surface area contributed by atoms with Crippen molar-refractivity contribution in [1.29, 1.82) is 0 Å². The molecule has 108 valence electrons. The van der Waals surface area contributed by atoms with Gasteiger partial charge in [0.1, 0.15) is 12.8 Å². The maximum Gasteiger partial charge on any atom is 0.249 e. The normalized spacial score (nSPS) is 12.3. The van der Waals surface area contributed by atoms with Gasteiger partial charge in [-0.1, -0.05) is 0 Å². The monoisotopic (exact) mass is 277 g/mol. The highest BCUT2D eigenvalue weighted by atomic mass is 16.5. The minimum Gasteiger partial charge on any atom is -0.360 e. The van der Waals surface area contributed by atoms with Crippen molar-refractivity contribution in [2.24, 2.45) is 0 Å². The molecule has 0 aliphatic rings. The van der Waals surface area contributed by atoms with Crippen LogP contribution in [0.5, 0.6) is 0 Å². The summed E-state index contributed by atoms with van der Waals surface area (Å²) in [7, 11) is 0. The molecule has 0 spiro atoms. The number of nitrogens with one attached hydrogen (secondary N) is 1. The Bertz CT molecular complexity index is 575. The molecule has 7 heteroatoms. The van der Waals surface area contributed by atoms with Crippen molar-refractivity contribution in [2.75, 3.05) is 11.9 Å². The minimum absolute atomic E-state index is 0.132. The van der Waals surface area contributed by atoms with E-state index in [9.17, 15) is 4.79 Å². The van der Waals surface area contributed by atoms with Crippen LogP contribution < -0.4 is 5.32 Å². The quantitative estimate of drug-likeness (QED) is 0.870.